The summed E-state index contributed by atoms with van der Waals surface area (Å²) >= 11 is -0.0667. The molecule has 0 amide bonds. The molecule has 0 unspecified atom stereocenters. The summed E-state index contributed by atoms with van der Waals surface area (Å²) in [4.78, 5) is 0. The number of halogens is 1. The van der Waals surface area contributed by atoms with Crippen LogP contribution in [0.1, 0.15) is 5.56 Å². The van der Waals surface area contributed by atoms with E-state index in [0.29, 0.717) is 0 Å². The third-order valence-electron chi connectivity index (χ3n) is 2.34. The Balaban J connectivity index is 2.18. The van der Waals surface area contributed by atoms with Gasteiger partial charge in [-0.1, -0.05) is 18.2 Å². The number of methoxy groups -OCH3 is 1. The third-order valence-corrected chi connectivity index (χ3v) is 5.47. The van der Waals surface area contributed by atoms with Gasteiger partial charge >= 0.3 is 21.2 Å². The summed E-state index contributed by atoms with van der Waals surface area (Å²) in [5, 5.41) is 0. The Labute approximate surface area is 107 Å². The van der Waals surface area contributed by atoms with Crippen LogP contribution >= 0.6 is 0 Å². The summed E-state index contributed by atoms with van der Waals surface area (Å²) in [6, 6.07) is 17.0. The second kappa shape index (κ2) is 5.34. The molecule has 0 heterocycles. The first kappa shape index (κ1) is 11.5. The first-order valence-electron chi connectivity index (χ1n) is 5.14. The lowest BCUT2D eigenvalue weighted by Crippen LogP contribution is -3.61. The van der Waals surface area contributed by atoms with Crippen molar-refractivity contribution in [2.45, 2.75) is 6.92 Å². The SMILES string of the molecule is COc1ccc([I+]c2ccccc2C)cc1. The number of rotatable bonds is 3. The molecule has 82 valence electrons. The summed E-state index contributed by atoms with van der Waals surface area (Å²) < 4.78 is 8.07. The van der Waals surface area contributed by atoms with Crippen LogP contribution in [0.25, 0.3) is 0 Å². The summed E-state index contributed by atoms with van der Waals surface area (Å²) in [6.45, 7) is 2.18. The van der Waals surface area contributed by atoms with E-state index in [0.717, 1.165) is 5.75 Å². The highest BCUT2D eigenvalue weighted by Crippen LogP contribution is 2.06. The van der Waals surface area contributed by atoms with Gasteiger partial charge < -0.3 is 4.74 Å². The topological polar surface area (TPSA) is 9.23 Å². The number of hydrogen-bond donors (Lipinski definition) is 0. The Morgan fingerprint density at radius 3 is 2.25 bits per heavy atom. The Hall–Kier alpha value is -1.03. The Kier molecular flexibility index (Phi) is 3.83. The fraction of sp³-hybridized carbons (Fsp3) is 0.143. The number of aryl methyl sites for hydroxylation is 1. The van der Waals surface area contributed by atoms with Crippen molar-refractivity contribution >= 4 is 0 Å². The average Bonchev–Trinajstić information content (AvgIpc) is 2.33. The molecule has 0 N–H and O–H groups in total. The molecule has 2 heteroatoms. The molecule has 0 aliphatic heterocycles. The number of ether oxygens (including phenoxy) is 1. The van der Waals surface area contributed by atoms with E-state index >= 15 is 0 Å². The van der Waals surface area contributed by atoms with Crippen LogP contribution < -0.4 is 25.9 Å². The molecule has 16 heavy (non-hydrogen) atoms. The first-order chi connectivity index (χ1) is 7.79. The quantitative estimate of drug-likeness (QED) is 0.729. The number of benzene rings is 2. The van der Waals surface area contributed by atoms with Crippen LogP contribution in [0, 0.1) is 14.1 Å². The van der Waals surface area contributed by atoms with Gasteiger partial charge in [0.15, 0.2) is 7.14 Å². The van der Waals surface area contributed by atoms with E-state index in [1.54, 1.807) is 7.11 Å². The largest absolute Gasteiger partial charge is 0.497 e. The minimum Gasteiger partial charge on any atom is -0.497 e. The normalized spacial score (nSPS) is 10.1. The van der Waals surface area contributed by atoms with E-state index in [-0.39, 0.29) is 21.2 Å². The second-order valence-corrected chi connectivity index (χ2v) is 6.45. The maximum atomic E-state index is 5.16. The molecule has 0 saturated heterocycles. The Bertz CT molecular complexity index is 462. The fourth-order valence-electron chi connectivity index (χ4n) is 1.41. The standard InChI is InChI=1S/C14H14IO/c1-11-5-3-4-6-14(11)15-12-7-9-13(16-2)10-8-12/h3-10H,1-2H3/q+1. The summed E-state index contributed by atoms with van der Waals surface area (Å²) in [7, 11) is 1.70. The van der Waals surface area contributed by atoms with Gasteiger partial charge in [-0.25, -0.2) is 0 Å². The highest BCUT2D eigenvalue weighted by atomic mass is 127. The van der Waals surface area contributed by atoms with Gasteiger partial charge in [-0.3, -0.25) is 0 Å². The van der Waals surface area contributed by atoms with Gasteiger partial charge in [0.25, 0.3) is 0 Å². The van der Waals surface area contributed by atoms with Crippen molar-refractivity contribution in [1.29, 1.82) is 0 Å². The molecule has 0 aliphatic rings. The van der Waals surface area contributed by atoms with E-state index in [2.05, 4.69) is 43.3 Å². The van der Waals surface area contributed by atoms with E-state index in [9.17, 15) is 0 Å². The lowest BCUT2D eigenvalue weighted by molar-refractivity contribution is -0.598. The molecule has 0 fully saturated rings. The van der Waals surface area contributed by atoms with Gasteiger partial charge in [0.1, 0.15) is 5.75 Å². The maximum absolute atomic E-state index is 5.16. The van der Waals surface area contributed by atoms with Gasteiger partial charge in [-0.2, -0.15) is 0 Å². The van der Waals surface area contributed by atoms with Gasteiger partial charge in [0.2, 0.25) is 0 Å². The van der Waals surface area contributed by atoms with Crippen molar-refractivity contribution in [3.63, 3.8) is 0 Å². The first-order valence-corrected chi connectivity index (χ1v) is 7.30. The van der Waals surface area contributed by atoms with Gasteiger partial charge in [0, 0.05) is 5.56 Å². The molecular formula is C14H14IO+. The molecule has 2 rings (SSSR count). The molecule has 1 nitrogen and oxygen atoms in total. The molecule has 0 bridgehead atoms. The molecule has 0 spiro atoms. The van der Waals surface area contributed by atoms with Crippen molar-refractivity contribution < 1.29 is 25.9 Å². The van der Waals surface area contributed by atoms with E-state index in [1.807, 2.05) is 12.1 Å². The maximum Gasteiger partial charge on any atom is 0.358 e. The molecule has 0 aromatic heterocycles. The lowest BCUT2D eigenvalue weighted by atomic mass is 10.2. The van der Waals surface area contributed by atoms with Gasteiger partial charge in [-0.15, -0.1) is 0 Å². The molecule has 2 aromatic rings. The van der Waals surface area contributed by atoms with Crippen molar-refractivity contribution in [2.75, 3.05) is 7.11 Å². The van der Waals surface area contributed by atoms with Gasteiger partial charge in [-0.05, 0) is 37.3 Å². The molecule has 0 aliphatic carbocycles. The highest BCUT2D eigenvalue weighted by Gasteiger charge is 2.17. The number of hydrogen-bond acceptors (Lipinski definition) is 1. The summed E-state index contributed by atoms with van der Waals surface area (Å²) in [5.74, 6) is 0.928. The minimum absolute atomic E-state index is 0.0667. The Morgan fingerprint density at radius 1 is 0.938 bits per heavy atom. The molecular weight excluding hydrogens is 311 g/mol. The molecule has 0 saturated carbocycles. The summed E-state index contributed by atoms with van der Waals surface area (Å²) in [6.07, 6.45) is 0. The minimum atomic E-state index is -0.0667. The van der Waals surface area contributed by atoms with E-state index < -0.39 is 0 Å². The van der Waals surface area contributed by atoms with Crippen LogP contribution in [0.3, 0.4) is 0 Å². The van der Waals surface area contributed by atoms with Crippen LogP contribution in [0.5, 0.6) is 5.75 Å². The van der Waals surface area contributed by atoms with E-state index in [1.165, 1.54) is 12.7 Å². The predicted octanol–water partition coefficient (Wildman–Crippen LogP) is 0.132. The van der Waals surface area contributed by atoms with Crippen LogP contribution in [-0.4, -0.2) is 7.11 Å². The van der Waals surface area contributed by atoms with Crippen LogP contribution in [-0.2, 0) is 0 Å². The van der Waals surface area contributed by atoms with Crippen molar-refractivity contribution in [3.05, 3.63) is 61.2 Å². The monoisotopic (exact) mass is 325 g/mol. The van der Waals surface area contributed by atoms with Gasteiger partial charge in [0.05, 0.1) is 7.11 Å². The fourth-order valence-corrected chi connectivity index (χ4v) is 3.79. The van der Waals surface area contributed by atoms with E-state index in [4.69, 9.17) is 4.74 Å². The molecule has 2 aromatic carbocycles. The van der Waals surface area contributed by atoms with Crippen molar-refractivity contribution in [2.24, 2.45) is 0 Å². The average molecular weight is 325 g/mol. The molecule has 0 radical (unpaired) electrons. The van der Waals surface area contributed by atoms with Crippen LogP contribution in [0.2, 0.25) is 0 Å². The smallest absolute Gasteiger partial charge is 0.358 e. The zero-order valence-corrected chi connectivity index (χ0v) is 11.6. The van der Waals surface area contributed by atoms with Crippen LogP contribution in [0.15, 0.2) is 48.5 Å². The third kappa shape index (κ3) is 2.76. The second-order valence-electron chi connectivity index (χ2n) is 3.50. The van der Waals surface area contributed by atoms with Crippen LogP contribution in [0.4, 0.5) is 0 Å². The molecule has 0 atom stereocenters. The zero-order valence-electron chi connectivity index (χ0n) is 9.41. The van der Waals surface area contributed by atoms with Crippen molar-refractivity contribution in [1.82, 2.24) is 0 Å². The lowest BCUT2D eigenvalue weighted by Gasteiger charge is -1.96. The summed E-state index contributed by atoms with van der Waals surface area (Å²) in [5.41, 5.74) is 1.39. The Morgan fingerprint density at radius 2 is 1.62 bits per heavy atom. The van der Waals surface area contributed by atoms with Crippen molar-refractivity contribution in [3.8, 4) is 5.75 Å². The highest BCUT2D eigenvalue weighted by molar-refractivity contribution is 5.20. The zero-order chi connectivity index (χ0) is 11.4. The predicted molar refractivity (Wildman–Crippen MR) is 61.6 cm³/mol.